The lowest BCUT2D eigenvalue weighted by atomic mass is 10.2. The summed E-state index contributed by atoms with van der Waals surface area (Å²) in [5, 5.41) is 7.00. The van der Waals surface area contributed by atoms with Crippen molar-refractivity contribution in [3.8, 4) is 11.5 Å². The number of halogens is 1. The summed E-state index contributed by atoms with van der Waals surface area (Å²) in [6, 6.07) is 12.5. The Hall–Kier alpha value is -3.26. The molecule has 8 nitrogen and oxygen atoms in total. The summed E-state index contributed by atoms with van der Waals surface area (Å²) >= 11 is 6.05. The molecule has 9 heteroatoms. The average Bonchev–Trinajstić information content (AvgIpc) is 3.43. The van der Waals surface area contributed by atoms with Gasteiger partial charge in [0.05, 0.1) is 12.8 Å². The number of rotatable bonds is 5. The van der Waals surface area contributed by atoms with E-state index < -0.39 is 5.91 Å². The fourth-order valence-electron chi connectivity index (χ4n) is 3.16. The van der Waals surface area contributed by atoms with Crippen molar-refractivity contribution >= 4 is 29.1 Å². The van der Waals surface area contributed by atoms with E-state index in [4.69, 9.17) is 20.5 Å². The Bertz CT molecular complexity index is 994. The molecule has 0 bridgehead atoms. The molecule has 0 atom stereocenters. The second-order valence-electron chi connectivity index (χ2n) is 6.58. The van der Waals surface area contributed by atoms with Gasteiger partial charge in [0.25, 0.3) is 5.91 Å². The van der Waals surface area contributed by atoms with Crippen LogP contribution in [0.15, 0.2) is 57.7 Å². The summed E-state index contributed by atoms with van der Waals surface area (Å²) in [5.41, 5.74) is 1.13. The van der Waals surface area contributed by atoms with E-state index in [1.54, 1.807) is 17.0 Å². The number of anilines is 1. The van der Waals surface area contributed by atoms with E-state index >= 15 is 0 Å². The molecule has 3 heterocycles. The minimum Gasteiger partial charge on any atom is -0.461 e. The Kier molecular flexibility index (Phi) is 5.53. The fraction of sp³-hybridized carbons (Fsp3) is 0.250. The zero-order chi connectivity index (χ0) is 20.2. The van der Waals surface area contributed by atoms with Crippen LogP contribution in [-0.2, 0) is 4.79 Å². The van der Waals surface area contributed by atoms with Crippen LogP contribution in [0.25, 0.3) is 11.5 Å². The number of aromatic nitrogens is 1. The van der Waals surface area contributed by atoms with Gasteiger partial charge in [0.15, 0.2) is 11.5 Å². The van der Waals surface area contributed by atoms with Gasteiger partial charge in [-0.05, 0) is 30.3 Å². The maximum atomic E-state index is 12.4. The highest BCUT2D eigenvalue weighted by atomic mass is 35.5. The largest absolute Gasteiger partial charge is 0.461 e. The number of amides is 2. The third-order valence-electron chi connectivity index (χ3n) is 4.71. The topological polar surface area (TPSA) is 91.8 Å². The van der Waals surface area contributed by atoms with Crippen molar-refractivity contribution in [1.82, 2.24) is 15.4 Å². The predicted molar refractivity (Wildman–Crippen MR) is 107 cm³/mol. The summed E-state index contributed by atoms with van der Waals surface area (Å²) in [5.74, 6) is 0.213. The smallest absolute Gasteiger partial charge is 0.273 e. The Morgan fingerprint density at radius 1 is 1.07 bits per heavy atom. The van der Waals surface area contributed by atoms with Crippen molar-refractivity contribution in [2.75, 3.05) is 37.6 Å². The Morgan fingerprint density at radius 2 is 1.90 bits per heavy atom. The zero-order valence-corrected chi connectivity index (χ0v) is 16.3. The van der Waals surface area contributed by atoms with Crippen LogP contribution < -0.4 is 10.2 Å². The number of nitrogens with zero attached hydrogens (tertiary/aromatic N) is 3. The van der Waals surface area contributed by atoms with Gasteiger partial charge in [-0.15, -0.1) is 0 Å². The first-order valence-electron chi connectivity index (χ1n) is 9.17. The van der Waals surface area contributed by atoms with E-state index in [1.165, 1.54) is 12.3 Å². The minimum absolute atomic E-state index is 0.0926. The first kappa shape index (κ1) is 19.1. The third-order valence-corrected chi connectivity index (χ3v) is 4.95. The van der Waals surface area contributed by atoms with Crippen LogP contribution in [0.5, 0.6) is 0 Å². The van der Waals surface area contributed by atoms with E-state index in [2.05, 4.69) is 15.4 Å². The lowest BCUT2D eigenvalue weighted by Crippen LogP contribution is -2.51. The molecule has 1 aliphatic rings. The molecular formula is C20H19ClN4O4. The average molecular weight is 415 g/mol. The quantitative estimate of drug-likeness (QED) is 0.690. The molecular weight excluding hydrogens is 396 g/mol. The lowest BCUT2D eigenvalue weighted by molar-refractivity contribution is -0.130. The van der Waals surface area contributed by atoms with Crippen LogP contribution in [0, 0.1) is 0 Å². The SMILES string of the molecule is O=C(NCC(=O)N1CCN(c2cccc(Cl)c2)CC1)c1cc(-c2ccco2)on1. The van der Waals surface area contributed by atoms with Gasteiger partial charge in [-0.2, -0.15) is 0 Å². The van der Waals surface area contributed by atoms with Gasteiger partial charge in [0.1, 0.15) is 0 Å². The first-order valence-corrected chi connectivity index (χ1v) is 9.55. The molecule has 150 valence electrons. The van der Waals surface area contributed by atoms with Crippen LogP contribution in [0.2, 0.25) is 5.02 Å². The van der Waals surface area contributed by atoms with Crippen molar-refractivity contribution in [1.29, 1.82) is 0 Å². The summed E-state index contributed by atoms with van der Waals surface area (Å²) in [7, 11) is 0. The van der Waals surface area contributed by atoms with Crippen LogP contribution >= 0.6 is 11.6 Å². The van der Waals surface area contributed by atoms with Gasteiger partial charge < -0.3 is 24.1 Å². The molecule has 3 aromatic rings. The van der Waals surface area contributed by atoms with Crippen LogP contribution in [0.3, 0.4) is 0 Å². The van der Waals surface area contributed by atoms with Gasteiger partial charge >= 0.3 is 0 Å². The predicted octanol–water partition coefficient (Wildman–Crippen LogP) is 2.67. The molecule has 0 aliphatic carbocycles. The van der Waals surface area contributed by atoms with Crippen molar-refractivity contribution in [2.45, 2.75) is 0 Å². The molecule has 1 N–H and O–H groups in total. The molecule has 2 aromatic heterocycles. The molecule has 1 saturated heterocycles. The molecule has 0 saturated carbocycles. The molecule has 0 radical (unpaired) electrons. The molecule has 1 fully saturated rings. The van der Waals surface area contributed by atoms with Crippen molar-refractivity contribution < 1.29 is 18.5 Å². The second-order valence-corrected chi connectivity index (χ2v) is 7.02. The van der Waals surface area contributed by atoms with E-state index in [9.17, 15) is 9.59 Å². The molecule has 2 amide bonds. The molecule has 1 aliphatic heterocycles. The van der Waals surface area contributed by atoms with Crippen molar-refractivity contribution in [2.24, 2.45) is 0 Å². The standard InChI is InChI=1S/C20H19ClN4O4/c21-14-3-1-4-15(11-14)24-6-8-25(9-7-24)19(26)13-22-20(27)16-12-18(29-23-16)17-5-2-10-28-17/h1-5,10-12H,6-9,13H2,(H,22,27). The highest BCUT2D eigenvalue weighted by Crippen LogP contribution is 2.21. The van der Waals surface area contributed by atoms with Gasteiger partial charge in [-0.25, -0.2) is 0 Å². The number of carbonyl (C=O) groups excluding carboxylic acids is 2. The third kappa shape index (κ3) is 4.43. The first-order chi connectivity index (χ1) is 14.1. The normalized spacial score (nSPS) is 14.1. The summed E-state index contributed by atoms with van der Waals surface area (Å²) < 4.78 is 10.3. The molecule has 29 heavy (non-hydrogen) atoms. The summed E-state index contributed by atoms with van der Waals surface area (Å²) in [4.78, 5) is 28.6. The van der Waals surface area contributed by atoms with Gasteiger partial charge in [0.2, 0.25) is 11.7 Å². The number of piperazine rings is 1. The number of hydrogen-bond acceptors (Lipinski definition) is 6. The molecule has 4 rings (SSSR count). The second kappa shape index (κ2) is 8.40. The molecule has 0 unspecified atom stereocenters. The fourth-order valence-corrected chi connectivity index (χ4v) is 3.35. The van der Waals surface area contributed by atoms with Crippen LogP contribution in [0.1, 0.15) is 10.5 Å². The Labute approximate surface area is 172 Å². The highest BCUT2D eigenvalue weighted by Gasteiger charge is 2.22. The summed E-state index contributed by atoms with van der Waals surface area (Å²) in [6.45, 7) is 2.46. The summed E-state index contributed by atoms with van der Waals surface area (Å²) in [6.07, 6.45) is 1.50. The van der Waals surface area contributed by atoms with E-state index in [1.807, 2.05) is 24.3 Å². The van der Waals surface area contributed by atoms with Crippen LogP contribution in [0.4, 0.5) is 5.69 Å². The Morgan fingerprint density at radius 3 is 2.62 bits per heavy atom. The number of furan rings is 1. The Balaban J connectivity index is 1.26. The zero-order valence-electron chi connectivity index (χ0n) is 15.5. The van der Waals surface area contributed by atoms with Gasteiger partial charge in [0, 0.05) is 43.0 Å². The number of benzene rings is 1. The van der Waals surface area contributed by atoms with Crippen molar-refractivity contribution in [3.05, 3.63) is 59.4 Å². The number of nitrogens with one attached hydrogen (secondary N) is 1. The maximum Gasteiger partial charge on any atom is 0.273 e. The monoisotopic (exact) mass is 414 g/mol. The number of carbonyl (C=O) groups is 2. The minimum atomic E-state index is -0.475. The van der Waals surface area contributed by atoms with E-state index in [0.29, 0.717) is 42.7 Å². The van der Waals surface area contributed by atoms with Crippen LogP contribution in [-0.4, -0.2) is 54.6 Å². The molecule has 1 aromatic carbocycles. The van der Waals surface area contributed by atoms with E-state index in [-0.39, 0.29) is 18.1 Å². The van der Waals surface area contributed by atoms with Crippen molar-refractivity contribution in [3.63, 3.8) is 0 Å². The number of hydrogen-bond donors (Lipinski definition) is 1. The lowest BCUT2D eigenvalue weighted by Gasteiger charge is -2.36. The highest BCUT2D eigenvalue weighted by molar-refractivity contribution is 6.30. The van der Waals surface area contributed by atoms with Gasteiger partial charge in [-0.3, -0.25) is 9.59 Å². The molecule has 0 spiro atoms. The maximum absolute atomic E-state index is 12.4. The van der Waals surface area contributed by atoms with E-state index in [0.717, 1.165) is 5.69 Å². The van der Waals surface area contributed by atoms with Gasteiger partial charge in [-0.1, -0.05) is 22.8 Å².